The Morgan fingerprint density at radius 3 is 2.63 bits per heavy atom. The summed E-state index contributed by atoms with van der Waals surface area (Å²) in [5.41, 5.74) is 5.73. The number of aromatic nitrogens is 2. The molecule has 0 spiro atoms. The van der Waals surface area contributed by atoms with Crippen LogP contribution in [0.5, 0.6) is 11.5 Å². The van der Waals surface area contributed by atoms with Crippen molar-refractivity contribution in [2.75, 3.05) is 14.2 Å². The first kappa shape index (κ1) is 18.6. The normalized spacial score (nSPS) is 10.8. The number of primary amides is 1. The van der Waals surface area contributed by atoms with Crippen molar-refractivity contribution < 1.29 is 19.1 Å². The molecular formula is C18H17N3O5S. The second-order valence-corrected chi connectivity index (χ2v) is 6.77. The molecule has 0 radical (unpaired) electrons. The molecule has 1 amide bonds. The van der Waals surface area contributed by atoms with Crippen LogP contribution in [0.15, 0.2) is 29.3 Å². The molecule has 0 aliphatic rings. The molecule has 2 aromatic heterocycles. The van der Waals surface area contributed by atoms with Gasteiger partial charge >= 0.3 is 0 Å². The van der Waals surface area contributed by atoms with Crippen LogP contribution >= 0.6 is 11.3 Å². The Bertz CT molecular complexity index is 1120. The van der Waals surface area contributed by atoms with E-state index in [2.05, 4.69) is 4.98 Å². The Balaban J connectivity index is 2.01. The van der Waals surface area contributed by atoms with Crippen LogP contribution in [0.4, 0.5) is 0 Å². The molecule has 9 heteroatoms. The SMILES string of the molecule is COc1ccc(C(=O)Cn2cnc3sc(C(N)=O)c(C)c3c2=O)c(OC)c1. The predicted molar refractivity (Wildman–Crippen MR) is 101 cm³/mol. The highest BCUT2D eigenvalue weighted by molar-refractivity contribution is 7.20. The van der Waals surface area contributed by atoms with Crippen molar-refractivity contribution in [3.05, 3.63) is 50.9 Å². The van der Waals surface area contributed by atoms with Gasteiger partial charge in [-0.1, -0.05) is 0 Å². The van der Waals surface area contributed by atoms with E-state index < -0.39 is 11.5 Å². The van der Waals surface area contributed by atoms with Crippen molar-refractivity contribution >= 4 is 33.2 Å². The highest BCUT2D eigenvalue weighted by Gasteiger charge is 2.20. The van der Waals surface area contributed by atoms with E-state index >= 15 is 0 Å². The number of aryl methyl sites for hydroxylation is 1. The third kappa shape index (κ3) is 3.28. The Hall–Kier alpha value is -3.20. The van der Waals surface area contributed by atoms with Gasteiger partial charge in [-0.25, -0.2) is 4.98 Å². The number of hydrogen-bond donors (Lipinski definition) is 1. The van der Waals surface area contributed by atoms with Crippen molar-refractivity contribution in [3.8, 4) is 11.5 Å². The molecular weight excluding hydrogens is 370 g/mol. The van der Waals surface area contributed by atoms with Crippen molar-refractivity contribution in [3.63, 3.8) is 0 Å². The number of Topliss-reactive ketones (excluding diaryl/α,β-unsaturated/α-hetero) is 1. The number of nitrogens with zero attached hydrogens (tertiary/aromatic N) is 2. The Kier molecular flexibility index (Phi) is 4.95. The predicted octanol–water partition coefficient (Wildman–Crippen LogP) is 1.77. The van der Waals surface area contributed by atoms with E-state index in [1.807, 2.05) is 0 Å². The third-order valence-corrected chi connectivity index (χ3v) is 5.38. The summed E-state index contributed by atoms with van der Waals surface area (Å²) in [6.07, 6.45) is 1.29. The van der Waals surface area contributed by atoms with Crippen molar-refractivity contribution in [2.24, 2.45) is 5.73 Å². The number of rotatable bonds is 6. The summed E-state index contributed by atoms with van der Waals surface area (Å²) in [4.78, 5) is 41.9. The number of carbonyl (C=O) groups excluding carboxylic acids is 2. The minimum atomic E-state index is -0.611. The van der Waals surface area contributed by atoms with E-state index in [0.717, 1.165) is 11.3 Å². The molecule has 3 rings (SSSR count). The van der Waals surface area contributed by atoms with Crippen LogP contribution in [0, 0.1) is 6.92 Å². The van der Waals surface area contributed by atoms with Crippen LogP contribution in [0.2, 0.25) is 0 Å². The molecule has 3 aromatic rings. The van der Waals surface area contributed by atoms with Crippen molar-refractivity contribution in [2.45, 2.75) is 13.5 Å². The number of benzene rings is 1. The van der Waals surface area contributed by atoms with Crippen LogP contribution in [-0.2, 0) is 6.54 Å². The lowest BCUT2D eigenvalue weighted by atomic mass is 10.1. The highest BCUT2D eigenvalue weighted by atomic mass is 32.1. The second-order valence-electron chi connectivity index (χ2n) is 5.77. The van der Waals surface area contributed by atoms with Gasteiger partial charge in [0.05, 0.1) is 42.9 Å². The summed E-state index contributed by atoms with van der Waals surface area (Å²) < 4.78 is 11.6. The topological polar surface area (TPSA) is 114 Å². The minimum absolute atomic E-state index is 0.217. The molecule has 140 valence electrons. The van der Waals surface area contributed by atoms with Gasteiger partial charge < -0.3 is 15.2 Å². The van der Waals surface area contributed by atoms with E-state index in [1.54, 1.807) is 25.1 Å². The second kappa shape index (κ2) is 7.20. The zero-order valence-electron chi connectivity index (χ0n) is 14.9. The van der Waals surface area contributed by atoms with Crippen LogP contribution in [0.3, 0.4) is 0 Å². The summed E-state index contributed by atoms with van der Waals surface area (Å²) in [7, 11) is 2.96. The monoisotopic (exact) mass is 387 g/mol. The van der Waals surface area contributed by atoms with E-state index in [0.29, 0.717) is 32.8 Å². The molecule has 0 aliphatic heterocycles. The maximum absolute atomic E-state index is 12.8. The molecule has 27 heavy (non-hydrogen) atoms. The van der Waals surface area contributed by atoms with Crippen molar-refractivity contribution in [1.29, 1.82) is 0 Å². The van der Waals surface area contributed by atoms with E-state index in [9.17, 15) is 14.4 Å². The van der Waals surface area contributed by atoms with Gasteiger partial charge in [0, 0.05) is 6.07 Å². The van der Waals surface area contributed by atoms with Crippen LogP contribution < -0.4 is 20.8 Å². The summed E-state index contributed by atoms with van der Waals surface area (Å²) in [6, 6.07) is 4.82. The fourth-order valence-corrected chi connectivity index (χ4v) is 3.77. The zero-order chi connectivity index (χ0) is 19.7. The van der Waals surface area contributed by atoms with Gasteiger partial charge in [-0.05, 0) is 24.6 Å². The molecule has 0 atom stereocenters. The number of methoxy groups -OCH3 is 2. The quantitative estimate of drug-likeness (QED) is 0.645. The average Bonchev–Trinajstić information content (AvgIpc) is 3.00. The fraction of sp³-hybridized carbons (Fsp3) is 0.222. The van der Waals surface area contributed by atoms with Crippen LogP contribution in [0.1, 0.15) is 25.6 Å². The first-order chi connectivity index (χ1) is 12.9. The lowest BCUT2D eigenvalue weighted by molar-refractivity contribution is 0.0965. The molecule has 2 heterocycles. The van der Waals surface area contributed by atoms with Gasteiger partial charge in [0.1, 0.15) is 16.3 Å². The van der Waals surface area contributed by atoms with E-state index in [1.165, 1.54) is 25.1 Å². The molecule has 1 aromatic carbocycles. The maximum Gasteiger partial charge on any atom is 0.262 e. The first-order valence-corrected chi connectivity index (χ1v) is 8.72. The molecule has 2 N–H and O–H groups in total. The summed E-state index contributed by atoms with van der Waals surface area (Å²) in [6.45, 7) is 1.42. The van der Waals surface area contributed by atoms with E-state index in [4.69, 9.17) is 15.2 Å². The van der Waals surface area contributed by atoms with Gasteiger partial charge in [0.25, 0.3) is 11.5 Å². The van der Waals surface area contributed by atoms with E-state index in [-0.39, 0.29) is 17.2 Å². The van der Waals surface area contributed by atoms with Gasteiger partial charge in [-0.15, -0.1) is 11.3 Å². The third-order valence-electron chi connectivity index (χ3n) is 4.16. The number of carbonyl (C=O) groups is 2. The average molecular weight is 387 g/mol. The van der Waals surface area contributed by atoms with Crippen LogP contribution in [-0.4, -0.2) is 35.5 Å². The Morgan fingerprint density at radius 1 is 1.26 bits per heavy atom. The number of hydrogen-bond acceptors (Lipinski definition) is 7. The minimum Gasteiger partial charge on any atom is -0.497 e. The number of ketones is 1. The van der Waals surface area contributed by atoms with Gasteiger partial charge in [0.15, 0.2) is 5.78 Å². The zero-order valence-corrected chi connectivity index (χ0v) is 15.8. The molecule has 0 unspecified atom stereocenters. The number of thiophene rings is 1. The number of fused-ring (bicyclic) bond motifs is 1. The molecule has 0 saturated heterocycles. The molecule has 0 saturated carbocycles. The summed E-state index contributed by atoms with van der Waals surface area (Å²) in [5.74, 6) is -0.0260. The van der Waals surface area contributed by atoms with Gasteiger partial charge in [-0.2, -0.15) is 0 Å². The summed E-state index contributed by atoms with van der Waals surface area (Å²) in [5, 5.41) is 0.297. The molecule has 0 aliphatic carbocycles. The van der Waals surface area contributed by atoms with Crippen molar-refractivity contribution in [1.82, 2.24) is 9.55 Å². The smallest absolute Gasteiger partial charge is 0.262 e. The largest absolute Gasteiger partial charge is 0.497 e. The maximum atomic E-state index is 12.8. The summed E-state index contributed by atoms with van der Waals surface area (Å²) >= 11 is 1.06. The molecule has 0 fully saturated rings. The van der Waals surface area contributed by atoms with Gasteiger partial charge in [-0.3, -0.25) is 19.0 Å². The Labute approximate surface area is 158 Å². The first-order valence-electron chi connectivity index (χ1n) is 7.91. The highest BCUT2D eigenvalue weighted by Crippen LogP contribution is 2.27. The van der Waals surface area contributed by atoms with Crippen LogP contribution in [0.25, 0.3) is 10.2 Å². The lowest BCUT2D eigenvalue weighted by Crippen LogP contribution is -2.25. The molecule has 0 bridgehead atoms. The fourth-order valence-electron chi connectivity index (χ4n) is 2.78. The standard InChI is InChI=1S/C18H17N3O5S/c1-9-14-17(27-15(9)16(19)23)20-8-21(18(14)24)7-12(22)11-5-4-10(25-2)6-13(11)26-3/h4-6,8H,7H2,1-3H3,(H2,19,23). The lowest BCUT2D eigenvalue weighted by Gasteiger charge is -2.10. The Morgan fingerprint density at radius 2 is 2.00 bits per heavy atom. The van der Waals surface area contributed by atoms with Gasteiger partial charge in [0.2, 0.25) is 0 Å². The number of nitrogens with two attached hydrogens (primary N) is 1. The number of amides is 1. The molecule has 8 nitrogen and oxygen atoms in total. The number of ether oxygens (including phenoxy) is 2.